The molecule has 0 aromatic heterocycles. The van der Waals surface area contributed by atoms with Crippen molar-refractivity contribution in [2.24, 2.45) is 5.73 Å². The topological polar surface area (TPSA) is 43.1 Å². The number of thiocarbonyl (C=S) groups is 1. The molecule has 3 heteroatoms. The smallest absolute Gasteiger partial charge is 0.159 e. The number of carbonyl (C=O) groups excluding carboxylic acids is 1. The molecule has 0 atom stereocenters. The molecule has 2 nitrogen and oxygen atoms in total. The van der Waals surface area contributed by atoms with Crippen LogP contribution < -0.4 is 5.73 Å². The summed E-state index contributed by atoms with van der Waals surface area (Å²) >= 11 is 4.77. The zero-order valence-corrected chi connectivity index (χ0v) is 7.52. The number of Topliss-reactive ketones (excluding diaryl/α,β-unsaturated/α-hetero) is 1. The molecule has 12 heavy (non-hydrogen) atoms. The largest absolute Gasteiger partial charge is 0.389 e. The van der Waals surface area contributed by atoms with E-state index < -0.39 is 0 Å². The Hall–Kier alpha value is -1.22. The molecular formula is C9H9NOS. The molecule has 2 N–H and O–H groups in total. The highest BCUT2D eigenvalue weighted by Gasteiger charge is 2.00. The van der Waals surface area contributed by atoms with Gasteiger partial charge < -0.3 is 5.73 Å². The zero-order chi connectivity index (χ0) is 9.14. The number of ketones is 1. The summed E-state index contributed by atoms with van der Waals surface area (Å²) in [5.74, 6) is 0.0214. The second kappa shape index (κ2) is 3.45. The lowest BCUT2D eigenvalue weighted by Gasteiger charge is -1.99. The van der Waals surface area contributed by atoms with E-state index in [0.717, 1.165) is 5.56 Å². The highest BCUT2D eigenvalue weighted by molar-refractivity contribution is 7.80. The van der Waals surface area contributed by atoms with E-state index >= 15 is 0 Å². The number of nitrogens with two attached hydrogens (primary N) is 1. The number of rotatable bonds is 2. The van der Waals surface area contributed by atoms with Gasteiger partial charge in [0.15, 0.2) is 5.78 Å². The molecule has 1 aromatic carbocycles. The molecule has 0 aliphatic heterocycles. The summed E-state index contributed by atoms with van der Waals surface area (Å²) in [7, 11) is 0. The number of hydrogen-bond donors (Lipinski definition) is 1. The fourth-order valence-corrected chi connectivity index (χ4v) is 1.02. The van der Waals surface area contributed by atoms with E-state index in [2.05, 4.69) is 0 Å². The molecule has 0 saturated heterocycles. The van der Waals surface area contributed by atoms with Gasteiger partial charge in [0.2, 0.25) is 0 Å². The maximum Gasteiger partial charge on any atom is 0.159 e. The standard InChI is InChI=1S/C9H9NOS/c1-6(11)7-3-2-4-8(5-7)9(10)12/h2-5H,1H3,(H2,10,12). The first-order valence-corrected chi connectivity index (χ1v) is 3.93. The molecule has 0 saturated carbocycles. The molecule has 0 fully saturated rings. The molecule has 0 aliphatic carbocycles. The van der Waals surface area contributed by atoms with Crippen molar-refractivity contribution in [3.63, 3.8) is 0 Å². The lowest BCUT2D eigenvalue weighted by Crippen LogP contribution is -2.09. The predicted octanol–water partition coefficient (Wildman–Crippen LogP) is 1.52. The summed E-state index contributed by atoms with van der Waals surface area (Å²) in [6.45, 7) is 1.51. The first kappa shape index (κ1) is 8.87. The van der Waals surface area contributed by atoms with Crippen LogP contribution >= 0.6 is 12.2 Å². The maximum absolute atomic E-state index is 10.9. The van der Waals surface area contributed by atoms with Crippen molar-refractivity contribution >= 4 is 23.0 Å². The van der Waals surface area contributed by atoms with Crippen LogP contribution in [0.25, 0.3) is 0 Å². The molecule has 0 heterocycles. The average Bonchev–Trinajstić information content (AvgIpc) is 2.04. The third kappa shape index (κ3) is 1.89. The van der Waals surface area contributed by atoms with Crippen LogP contribution in [0.2, 0.25) is 0 Å². The number of hydrogen-bond acceptors (Lipinski definition) is 2. The van der Waals surface area contributed by atoms with Gasteiger partial charge in [-0.15, -0.1) is 0 Å². The van der Waals surface area contributed by atoms with Crippen molar-refractivity contribution in [3.05, 3.63) is 35.4 Å². The van der Waals surface area contributed by atoms with E-state index in [1.54, 1.807) is 24.3 Å². The van der Waals surface area contributed by atoms with E-state index in [1.807, 2.05) is 0 Å². The Morgan fingerprint density at radius 3 is 2.50 bits per heavy atom. The van der Waals surface area contributed by atoms with E-state index in [1.165, 1.54) is 6.92 Å². The lowest BCUT2D eigenvalue weighted by molar-refractivity contribution is 0.101. The van der Waals surface area contributed by atoms with Crippen molar-refractivity contribution in [2.75, 3.05) is 0 Å². The first-order valence-electron chi connectivity index (χ1n) is 3.52. The first-order chi connectivity index (χ1) is 5.61. The molecule has 0 radical (unpaired) electrons. The maximum atomic E-state index is 10.9. The Kier molecular flexibility index (Phi) is 2.55. The van der Waals surface area contributed by atoms with Crippen LogP contribution in [0.15, 0.2) is 24.3 Å². The molecule has 0 bridgehead atoms. The SMILES string of the molecule is CC(=O)c1cccc(C(N)=S)c1. The summed E-state index contributed by atoms with van der Waals surface area (Å²) in [6, 6.07) is 6.99. The Labute approximate surface area is 76.4 Å². The minimum Gasteiger partial charge on any atom is -0.389 e. The van der Waals surface area contributed by atoms with Gasteiger partial charge in [-0.3, -0.25) is 4.79 Å². The van der Waals surface area contributed by atoms with E-state index in [4.69, 9.17) is 18.0 Å². The summed E-state index contributed by atoms with van der Waals surface area (Å²) in [5, 5.41) is 0. The van der Waals surface area contributed by atoms with Crippen LogP contribution in [-0.4, -0.2) is 10.8 Å². The molecule has 0 unspecified atom stereocenters. The molecule has 1 aromatic rings. The van der Waals surface area contributed by atoms with Crippen molar-refractivity contribution in [3.8, 4) is 0 Å². The van der Waals surface area contributed by atoms with E-state index in [9.17, 15) is 4.79 Å². The Morgan fingerprint density at radius 1 is 1.42 bits per heavy atom. The Bertz CT molecular complexity index is 304. The molecule has 0 aliphatic rings. The summed E-state index contributed by atoms with van der Waals surface area (Å²) in [6.07, 6.45) is 0. The van der Waals surface area contributed by atoms with E-state index in [0.29, 0.717) is 10.6 Å². The van der Waals surface area contributed by atoms with Gasteiger partial charge >= 0.3 is 0 Å². The molecule has 62 valence electrons. The third-order valence-corrected chi connectivity index (χ3v) is 1.79. The van der Waals surface area contributed by atoms with Crippen LogP contribution in [0, 0.1) is 0 Å². The highest BCUT2D eigenvalue weighted by Crippen LogP contribution is 2.05. The molecular weight excluding hydrogens is 170 g/mol. The number of benzene rings is 1. The summed E-state index contributed by atoms with van der Waals surface area (Å²) < 4.78 is 0. The summed E-state index contributed by atoms with van der Waals surface area (Å²) in [4.78, 5) is 11.3. The van der Waals surface area contributed by atoms with Crippen LogP contribution in [0.5, 0.6) is 0 Å². The molecule has 1 rings (SSSR count). The normalized spacial score (nSPS) is 9.42. The predicted molar refractivity (Wildman–Crippen MR) is 52.3 cm³/mol. The highest BCUT2D eigenvalue weighted by atomic mass is 32.1. The quantitative estimate of drug-likeness (QED) is 0.553. The fourth-order valence-electron chi connectivity index (χ4n) is 0.891. The number of carbonyl (C=O) groups is 1. The summed E-state index contributed by atoms with van der Waals surface area (Å²) in [5.41, 5.74) is 6.78. The van der Waals surface area contributed by atoms with Crippen LogP contribution in [0.1, 0.15) is 22.8 Å². The van der Waals surface area contributed by atoms with Gasteiger partial charge in [-0.05, 0) is 13.0 Å². The van der Waals surface area contributed by atoms with Gasteiger partial charge in [0.05, 0.1) is 0 Å². The van der Waals surface area contributed by atoms with Crippen molar-refractivity contribution in [1.29, 1.82) is 0 Å². The zero-order valence-electron chi connectivity index (χ0n) is 6.70. The van der Waals surface area contributed by atoms with Gasteiger partial charge in [-0.25, -0.2) is 0 Å². The third-order valence-electron chi connectivity index (χ3n) is 1.55. The minimum absolute atomic E-state index is 0.0214. The second-order valence-electron chi connectivity index (χ2n) is 2.50. The monoisotopic (exact) mass is 179 g/mol. The van der Waals surface area contributed by atoms with Crippen LogP contribution in [0.4, 0.5) is 0 Å². The van der Waals surface area contributed by atoms with Gasteiger partial charge in [0.1, 0.15) is 4.99 Å². The lowest BCUT2D eigenvalue weighted by atomic mass is 10.1. The Balaban J connectivity index is 3.12. The van der Waals surface area contributed by atoms with Gasteiger partial charge in [0.25, 0.3) is 0 Å². The van der Waals surface area contributed by atoms with Gasteiger partial charge in [-0.1, -0.05) is 30.4 Å². The fraction of sp³-hybridized carbons (Fsp3) is 0.111. The molecule has 0 spiro atoms. The van der Waals surface area contributed by atoms with Crippen molar-refractivity contribution in [1.82, 2.24) is 0 Å². The Morgan fingerprint density at radius 2 is 2.00 bits per heavy atom. The van der Waals surface area contributed by atoms with Gasteiger partial charge in [-0.2, -0.15) is 0 Å². The minimum atomic E-state index is 0.0214. The van der Waals surface area contributed by atoms with Crippen molar-refractivity contribution < 1.29 is 4.79 Å². The average molecular weight is 179 g/mol. The molecule has 0 amide bonds. The van der Waals surface area contributed by atoms with Gasteiger partial charge in [0, 0.05) is 11.1 Å². The van der Waals surface area contributed by atoms with E-state index in [-0.39, 0.29) is 5.78 Å². The van der Waals surface area contributed by atoms with Crippen molar-refractivity contribution in [2.45, 2.75) is 6.92 Å². The van der Waals surface area contributed by atoms with Crippen LogP contribution in [-0.2, 0) is 0 Å². The second-order valence-corrected chi connectivity index (χ2v) is 2.94. The van der Waals surface area contributed by atoms with Crippen LogP contribution in [0.3, 0.4) is 0 Å².